The number of nitrogens with one attached hydrogen (secondary N) is 1. The molecule has 1 amide bonds. The van der Waals surface area contributed by atoms with Gasteiger partial charge in [-0.1, -0.05) is 47.7 Å². The van der Waals surface area contributed by atoms with Crippen LogP contribution in [0.5, 0.6) is 0 Å². The van der Waals surface area contributed by atoms with Gasteiger partial charge < -0.3 is 5.32 Å². The van der Waals surface area contributed by atoms with Crippen molar-refractivity contribution in [3.05, 3.63) is 60.2 Å². The molecular formula is C17H18N4O. The van der Waals surface area contributed by atoms with E-state index in [9.17, 15) is 4.79 Å². The van der Waals surface area contributed by atoms with Gasteiger partial charge in [0, 0.05) is 6.54 Å². The van der Waals surface area contributed by atoms with Crippen LogP contribution in [0.25, 0.3) is 11.0 Å². The Kier molecular flexibility index (Phi) is 4.44. The van der Waals surface area contributed by atoms with E-state index in [1.165, 1.54) is 10.2 Å². The van der Waals surface area contributed by atoms with Crippen LogP contribution in [-0.4, -0.2) is 27.6 Å². The van der Waals surface area contributed by atoms with E-state index in [4.69, 9.17) is 0 Å². The van der Waals surface area contributed by atoms with Crippen LogP contribution in [-0.2, 0) is 6.42 Å². The zero-order valence-corrected chi connectivity index (χ0v) is 12.3. The van der Waals surface area contributed by atoms with E-state index in [0.717, 1.165) is 30.3 Å². The minimum Gasteiger partial charge on any atom is -0.336 e. The fourth-order valence-electron chi connectivity index (χ4n) is 2.39. The highest BCUT2D eigenvalue weighted by Crippen LogP contribution is 2.09. The summed E-state index contributed by atoms with van der Waals surface area (Å²) >= 11 is 0. The van der Waals surface area contributed by atoms with E-state index in [2.05, 4.69) is 27.8 Å². The number of fused-ring (bicyclic) bond motifs is 1. The molecule has 3 aromatic rings. The smallest absolute Gasteiger partial charge is 0.336 e. The van der Waals surface area contributed by atoms with Crippen LogP contribution < -0.4 is 5.32 Å². The highest BCUT2D eigenvalue weighted by molar-refractivity contribution is 5.87. The van der Waals surface area contributed by atoms with Crippen molar-refractivity contribution in [2.75, 3.05) is 6.54 Å². The molecule has 0 aliphatic heterocycles. The summed E-state index contributed by atoms with van der Waals surface area (Å²) in [6, 6.07) is 17.6. The molecule has 1 N–H and O–H groups in total. The third-order valence-electron chi connectivity index (χ3n) is 3.56. The van der Waals surface area contributed by atoms with Gasteiger partial charge >= 0.3 is 6.03 Å². The second-order valence-corrected chi connectivity index (χ2v) is 5.16. The Morgan fingerprint density at radius 2 is 1.77 bits per heavy atom. The van der Waals surface area contributed by atoms with Crippen molar-refractivity contribution in [1.29, 1.82) is 0 Å². The van der Waals surface area contributed by atoms with Gasteiger partial charge in [0.25, 0.3) is 0 Å². The minimum absolute atomic E-state index is 0.228. The Morgan fingerprint density at radius 3 is 2.64 bits per heavy atom. The normalized spacial score (nSPS) is 10.7. The van der Waals surface area contributed by atoms with Gasteiger partial charge in [0.05, 0.1) is 5.52 Å². The van der Waals surface area contributed by atoms with Gasteiger partial charge in [-0.15, -0.1) is 5.10 Å². The van der Waals surface area contributed by atoms with Crippen LogP contribution in [0.15, 0.2) is 54.6 Å². The SMILES string of the molecule is O=C(NCCCCc1ccccc1)n1nnc2ccccc21. The highest BCUT2D eigenvalue weighted by atomic mass is 16.2. The Balaban J connectivity index is 1.47. The maximum atomic E-state index is 12.1. The maximum absolute atomic E-state index is 12.1. The molecule has 5 nitrogen and oxygen atoms in total. The van der Waals surface area contributed by atoms with Gasteiger partial charge in [-0.25, -0.2) is 4.79 Å². The fourth-order valence-corrected chi connectivity index (χ4v) is 2.39. The summed E-state index contributed by atoms with van der Waals surface area (Å²) < 4.78 is 1.31. The molecule has 2 aromatic carbocycles. The Morgan fingerprint density at radius 1 is 1.00 bits per heavy atom. The molecule has 0 saturated carbocycles. The van der Waals surface area contributed by atoms with Gasteiger partial charge in [0.1, 0.15) is 5.52 Å². The van der Waals surface area contributed by atoms with E-state index < -0.39 is 0 Å². The van der Waals surface area contributed by atoms with Gasteiger partial charge in [-0.2, -0.15) is 4.68 Å². The van der Waals surface area contributed by atoms with Crippen molar-refractivity contribution in [3.8, 4) is 0 Å². The molecule has 0 radical (unpaired) electrons. The lowest BCUT2D eigenvalue weighted by molar-refractivity contribution is 0.240. The molecule has 0 fully saturated rings. The lowest BCUT2D eigenvalue weighted by Gasteiger charge is -2.05. The van der Waals surface area contributed by atoms with Gasteiger partial charge in [-0.3, -0.25) is 0 Å². The lowest BCUT2D eigenvalue weighted by atomic mass is 10.1. The number of carbonyl (C=O) groups is 1. The van der Waals surface area contributed by atoms with E-state index in [1.807, 2.05) is 42.5 Å². The van der Waals surface area contributed by atoms with Crippen molar-refractivity contribution in [2.24, 2.45) is 0 Å². The Hall–Kier alpha value is -2.69. The summed E-state index contributed by atoms with van der Waals surface area (Å²) in [5, 5.41) is 10.8. The van der Waals surface area contributed by atoms with E-state index >= 15 is 0 Å². The quantitative estimate of drug-likeness (QED) is 0.736. The van der Waals surface area contributed by atoms with Crippen molar-refractivity contribution in [3.63, 3.8) is 0 Å². The first-order valence-electron chi connectivity index (χ1n) is 7.47. The minimum atomic E-state index is -0.228. The fraction of sp³-hybridized carbons (Fsp3) is 0.235. The van der Waals surface area contributed by atoms with Gasteiger partial charge in [0.2, 0.25) is 0 Å². The Bertz CT molecular complexity index is 751. The first-order valence-corrected chi connectivity index (χ1v) is 7.47. The third-order valence-corrected chi connectivity index (χ3v) is 3.56. The van der Waals surface area contributed by atoms with Crippen molar-refractivity contribution in [2.45, 2.75) is 19.3 Å². The summed E-state index contributed by atoms with van der Waals surface area (Å²) in [5.74, 6) is 0. The molecule has 0 spiro atoms. The molecule has 0 unspecified atom stereocenters. The summed E-state index contributed by atoms with van der Waals surface area (Å²) in [4.78, 5) is 12.1. The van der Waals surface area contributed by atoms with Crippen molar-refractivity contribution in [1.82, 2.24) is 20.3 Å². The van der Waals surface area contributed by atoms with E-state index in [1.54, 1.807) is 0 Å². The van der Waals surface area contributed by atoms with Crippen molar-refractivity contribution < 1.29 is 4.79 Å². The largest absolute Gasteiger partial charge is 0.344 e. The number of para-hydroxylation sites is 1. The number of benzene rings is 2. The van der Waals surface area contributed by atoms with Crippen LogP contribution in [0, 0.1) is 0 Å². The molecule has 0 aliphatic carbocycles. The first kappa shape index (κ1) is 14.3. The molecule has 1 aromatic heterocycles. The summed E-state index contributed by atoms with van der Waals surface area (Å²) in [6.07, 6.45) is 3.01. The van der Waals surface area contributed by atoms with Crippen LogP contribution in [0.2, 0.25) is 0 Å². The standard InChI is InChI=1S/C17H18N4O/c22-17(21-16-12-5-4-11-15(16)19-20-21)18-13-7-6-10-14-8-2-1-3-9-14/h1-5,8-9,11-12H,6-7,10,13H2,(H,18,22). The van der Waals surface area contributed by atoms with Crippen LogP contribution in [0.1, 0.15) is 18.4 Å². The molecule has 1 heterocycles. The second-order valence-electron chi connectivity index (χ2n) is 5.16. The molecule has 0 aliphatic rings. The zero-order chi connectivity index (χ0) is 15.2. The molecule has 0 bridgehead atoms. The first-order chi connectivity index (χ1) is 10.8. The highest BCUT2D eigenvalue weighted by Gasteiger charge is 2.10. The molecule has 0 atom stereocenters. The number of aromatic nitrogens is 3. The lowest BCUT2D eigenvalue weighted by Crippen LogP contribution is -2.30. The maximum Gasteiger partial charge on any atom is 0.344 e. The number of hydrogen-bond donors (Lipinski definition) is 1. The number of rotatable bonds is 5. The molecule has 112 valence electrons. The third kappa shape index (κ3) is 3.31. The number of amides is 1. The van der Waals surface area contributed by atoms with Crippen LogP contribution in [0.3, 0.4) is 0 Å². The zero-order valence-electron chi connectivity index (χ0n) is 12.3. The van der Waals surface area contributed by atoms with Crippen LogP contribution in [0.4, 0.5) is 4.79 Å². The summed E-state index contributed by atoms with van der Waals surface area (Å²) in [7, 11) is 0. The molecule has 3 rings (SSSR count). The van der Waals surface area contributed by atoms with Crippen molar-refractivity contribution >= 4 is 17.1 Å². The molecule has 22 heavy (non-hydrogen) atoms. The average molecular weight is 294 g/mol. The van der Waals surface area contributed by atoms with Gasteiger partial charge in [0.15, 0.2) is 0 Å². The molecular weight excluding hydrogens is 276 g/mol. The number of hydrogen-bond acceptors (Lipinski definition) is 3. The van der Waals surface area contributed by atoms with E-state index in [-0.39, 0.29) is 6.03 Å². The average Bonchev–Trinajstić information content (AvgIpc) is 2.99. The number of aryl methyl sites for hydroxylation is 1. The second kappa shape index (κ2) is 6.85. The predicted molar refractivity (Wildman–Crippen MR) is 85.7 cm³/mol. The summed E-state index contributed by atoms with van der Waals surface area (Å²) in [6.45, 7) is 0.639. The monoisotopic (exact) mass is 294 g/mol. The number of nitrogens with zero attached hydrogens (tertiary/aromatic N) is 3. The van der Waals surface area contributed by atoms with Crippen LogP contribution >= 0.6 is 0 Å². The predicted octanol–water partition coefficient (Wildman–Crippen LogP) is 3.01. The Labute approximate surface area is 129 Å². The topological polar surface area (TPSA) is 59.8 Å². The van der Waals surface area contributed by atoms with E-state index in [0.29, 0.717) is 6.54 Å². The van der Waals surface area contributed by atoms with Gasteiger partial charge in [-0.05, 0) is 37.0 Å². The summed E-state index contributed by atoms with van der Waals surface area (Å²) in [5.41, 5.74) is 2.78. The molecule has 5 heteroatoms. The molecule has 0 saturated heterocycles. The number of carbonyl (C=O) groups excluding carboxylic acids is 1. The number of unbranched alkanes of at least 4 members (excludes halogenated alkanes) is 1.